The number of hydrogen-bond acceptors (Lipinski definition) is 4. The van der Waals surface area contributed by atoms with Crippen molar-refractivity contribution in [2.75, 3.05) is 33.8 Å². The maximum atomic E-state index is 11.1. The molecule has 0 amide bonds. The minimum absolute atomic E-state index is 0.152. The smallest absolute Gasteiger partial charge is 0.305 e. The molecule has 2 rings (SSSR count). The summed E-state index contributed by atoms with van der Waals surface area (Å²) in [5.41, 5.74) is 2.62. The van der Waals surface area contributed by atoms with Gasteiger partial charge >= 0.3 is 5.97 Å². The maximum absolute atomic E-state index is 11.1. The monoisotopic (exact) mass is 360 g/mol. The highest BCUT2D eigenvalue weighted by molar-refractivity contribution is 5.79. The van der Waals surface area contributed by atoms with E-state index in [-0.39, 0.29) is 5.97 Å². The molecule has 1 fully saturated rings. The first-order valence-electron chi connectivity index (χ1n) is 9.53. The number of rotatable bonds is 9. The van der Waals surface area contributed by atoms with Crippen LogP contribution >= 0.6 is 0 Å². The number of likely N-dealkylation sites (tertiary alicyclic amines) is 1. The van der Waals surface area contributed by atoms with Crippen molar-refractivity contribution in [3.8, 4) is 0 Å². The van der Waals surface area contributed by atoms with Crippen LogP contribution in [-0.4, -0.2) is 50.6 Å². The van der Waals surface area contributed by atoms with Gasteiger partial charge in [-0.3, -0.25) is 14.7 Å². The van der Waals surface area contributed by atoms with Crippen molar-refractivity contribution in [3.05, 3.63) is 35.4 Å². The second-order valence-electron chi connectivity index (χ2n) is 6.69. The van der Waals surface area contributed by atoms with Gasteiger partial charge in [-0.1, -0.05) is 24.3 Å². The van der Waals surface area contributed by atoms with E-state index in [1.807, 2.05) is 0 Å². The van der Waals surface area contributed by atoms with Gasteiger partial charge in [0.25, 0.3) is 0 Å². The van der Waals surface area contributed by atoms with Crippen LogP contribution in [0.1, 0.15) is 43.2 Å². The Kier molecular flexibility index (Phi) is 8.96. The summed E-state index contributed by atoms with van der Waals surface area (Å²) >= 11 is 0. The minimum atomic E-state index is -0.152. The second-order valence-corrected chi connectivity index (χ2v) is 6.69. The highest BCUT2D eigenvalue weighted by Gasteiger charge is 2.11. The number of methoxy groups -OCH3 is 1. The largest absolute Gasteiger partial charge is 0.469 e. The van der Waals surface area contributed by atoms with Gasteiger partial charge in [0.2, 0.25) is 0 Å². The molecule has 0 spiro atoms. The zero-order chi connectivity index (χ0) is 18.6. The van der Waals surface area contributed by atoms with E-state index in [1.165, 1.54) is 44.2 Å². The highest BCUT2D eigenvalue weighted by atomic mass is 16.5. The lowest BCUT2D eigenvalue weighted by molar-refractivity contribution is -0.140. The SMILES string of the molecule is CN=C(NCCCCC(=O)OC)NCc1ccc(CN2CCCC2)cc1. The molecule has 1 heterocycles. The number of guanidine groups is 1. The molecular formula is C20H32N4O2. The van der Waals surface area contributed by atoms with Gasteiger partial charge in [-0.2, -0.15) is 0 Å². The molecule has 0 unspecified atom stereocenters. The Morgan fingerprint density at radius 1 is 1.12 bits per heavy atom. The third-order valence-corrected chi connectivity index (χ3v) is 4.64. The fraction of sp³-hybridized carbons (Fsp3) is 0.600. The summed E-state index contributed by atoms with van der Waals surface area (Å²) in [5, 5.41) is 6.60. The minimum Gasteiger partial charge on any atom is -0.469 e. The Morgan fingerprint density at radius 3 is 2.46 bits per heavy atom. The third kappa shape index (κ3) is 7.44. The molecule has 144 valence electrons. The van der Waals surface area contributed by atoms with Gasteiger partial charge in [0.15, 0.2) is 5.96 Å². The van der Waals surface area contributed by atoms with Crippen molar-refractivity contribution in [2.45, 2.75) is 45.2 Å². The van der Waals surface area contributed by atoms with Gasteiger partial charge < -0.3 is 15.4 Å². The van der Waals surface area contributed by atoms with Crippen molar-refractivity contribution in [1.29, 1.82) is 0 Å². The molecule has 1 saturated heterocycles. The van der Waals surface area contributed by atoms with Crippen molar-refractivity contribution in [2.24, 2.45) is 4.99 Å². The molecule has 1 aromatic carbocycles. The summed E-state index contributed by atoms with van der Waals surface area (Å²) < 4.78 is 4.63. The van der Waals surface area contributed by atoms with Crippen LogP contribution in [0.3, 0.4) is 0 Å². The van der Waals surface area contributed by atoms with Crippen molar-refractivity contribution >= 4 is 11.9 Å². The van der Waals surface area contributed by atoms with E-state index in [4.69, 9.17) is 0 Å². The van der Waals surface area contributed by atoms with Gasteiger partial charge in [0, 0.05) is 33.1 Å². The van der Waals surface area contributed by atoms with Crippen LogP contribution in [0.5, 0.6) is 0 Å². The Hall–Kier alpha value is -2.08. The zero-order valence-corrected chi connectivity index (χ0v) is 16.1. The van der Waals surface area contributed by atoms with Gasteiger partial charge in [0.1, 0.15) is 0 Å². The van der Waals surface area contributed by atoms with E-state index < -0.39 is 0 Å². The van der Waals surface area contributed by atoms with Crippen LogP contribution < -0.4 is 10.6 Å². The average molecular weight is 361 g/mol. The molecule has 0 bridgehead atoms. The molecule has 1 aromatic rings. The molecule has 0 saturated carbocycles. The molecule has 1 aliphatic heterocycles. The lowest BCUT2D eigenvalue weighted by Gasteiger charge is -2.15. The van der Waals surface area contributed by atoms with E-state index >= 15 is 0 Å². The van der Waals surface area contributed by atoms with Gasteiger partial charge in [-0.05, 0) is 49.9 Å². The van der Waals surface area contributed by atoms with Gasteiger partial charge in [-0.25, -0.2) is 0 Å². The molecule has 0 aromatic heterocycles. The summed E-state index contributed by atoms with van der Waals surface area (Å²) in [5.74, 6) is 0.630. The predicted molar refractivity (Wildman–Crippen MR) is 105 cm³/mol. The number of nitrogens with one attached hydrogen (secondary N) is 2. The Morgan fingerprint density at radius 2 is 1.81 bits per heavy atom. The van der Waals surface area contributed by atoms with Crippen molar-refractivity contribution in [3.63, 3.8) is 0 Å². The Balaban J connectivity index is 1.65. The fourth-order valence-electron chi connectivity index (χ4n) is 3.07. The first-order chi connectivity index (χ1) is 12.7. The number of carbonyl (C=O) groups is 1. The number of benzene rings is 1. The van der Waals surface area contributed by atoms with E-state index in [1.54, 1.807) is 7.05 Å². The van der Waals surface area contributed by atoms with E-state index in [2.05, 4.69) is 49.5 Å². The lowest BCUT2D eigenvalue weighted by atomic mass is 10.1. The third-order valence-electron chi connectivity index (χ3n) is 4.64. The summed E-state index contributed by atoms with van der Waals surface area (Å²) in [6.45, 7) is 5.04. The summed E-state index contributed by atoms with van der Waals surface area (Å²) in [6, 6.07) is 8.81. The number of hydrogen-bond donors (Lipinski definition) is 2. The van der Waals surface area contributed by atoms with Crippen LogP contribution in [0, 0.1) is 0 Å². The summed E-state index contributed by atoms with van der Waals surface area (Å²) in [7, 11) is 3.19. The Labute approximate surface area is 157 Å². The molecule has 0 radical (unpaired) electrons. The quantitative estimate of drug-likeness (QED) is 0.306. The average Bonchev–Trinajstić information content (AvgIpc) is 3.18. The molecule has 2 N–H and O–H groups in total. The number of nitrogens with zero attached hydrogens (tertiary/aromatic N) is 2. The number of carbonyl (C=O) groups excluding carboxylic acids is 1. The summed E-state index contributed by atoms with van der Waals surface area (Å²) in [6.07, 6.45) is 4.85. The summed E-state index contributed by atoms with van der Waals surface area (Å²) in [4.78, 5) is 17.8. The van der Waals surface area contributed by atoms with Crippen molar-refractivity contribution < 1.29 is 9.53 Å². The van der Waals surface area contributed by atoms with E-state index in [0.717, 1.165) is 38.4 Å². The van der Waals surface area contributed by atoms with Crippen LogP contribution in [0.2, 0.25) is 0 Å². The van der Waals surface area contributed by atoms with E-state index in [0.29, 0.717) is 6.42 Å². The molecule has 6 heteroatoms. The Bertz CT molecular complexity index is 566. The number of aliphatic imine (C=N–C) groups is 1. The van der Waals surface area contributed by atoms with Crippen LogP contribution in [-0.2, 0) is 22.6 Å². The molecule has 26 heavy (non-hydrogen) atoms. The van der Waals surface area contributed by atoms with Crippen LogP contribution in [0.4, 0.5) is 0 Å². The molecule has 1 aliphatic rings. The topological polar surface area (TPSA) is 66.0 Å². The van der Waals surface area contributed by atoms with Crippen LogP contribution in [0.15, 0.2) is 29.3 Å². The lowest BCUT2D eigenvalue weighted by Crippen LogP contribution is -2.37. The van der Waals surface area contributed by atoms with E-state index in [9.17, 15) is 4.79 Å². The molecular weight excluding hydrogens is 328 g/mol. The predicted octanol–water partition coefficient (Wildman–Crippen LogP) is 2.29. The highest BCUT2D eigenvalue weighted by Crippen LogP contribution is 2.13. The van der Waals surface area contributed by atoms with Gasteiger partial charge in [-0.15, -0.1) is 0 Å². The number of unbranched alkanes of at least 4 members (excludes halogenated alkanes) is 1. The fourth-order valence-corrected chi connectivity index (χ4v) is 3.07. The first kappa shape index (κ1) is 20.2. The standard InChI is InChI=1S/C20H32N4O2/c1-21-20(22-12-4-3-7-19(25)26-2)23-15-17-8-10-18(11-9-17)16-24-13-5-6-14-24/h8-11H,3-7,12-16H2,1-2H3,(H2,21,22,23). The number of ether oxygens (including phenoxy) is 1. The second kappa shape index (κ2) is 11.5. The van der Waals surface area contributed by atoms with Gasteiger partial charge in [0.05, 0.1) is 7.11 Å². The first-order valence-corrected chi connectivity index (χ1v) is 9.53. The van der Waals surface area contributed by atoms with Crippen molar-refractivity contribution in [1.82, 2.24) is 15.5 Å². The van der Waals surface area contributed by atoms with Crippen LogP contribution in [0.25, 0.3) is 0 Å². The molecule has 0 aliphatic carbocycles. The normalized spacial score (nSPS) is 15.1. The number of esters is 1. The maximum Gasteiger partial charge on any atom is 0.305 e. The molecule has 6 nitrogen and oxygen atoms in total. The zero-order valence-electron chi connectivity index (χ0n) is 16.1. The molecule has 0 atom stereocenters.